The lowest BCUT2D eigenvalue weighted by atomic mass is 10.2. The largest absolute Gasteiger partial charge is 0.337 e. The molecule has 17 heavy (non-hydrogen) atoms. The summed E-state index contributed by atoms with van der Waals surface area (Å²) in [5.74, 6) is 0. The highest BCUT2D eigenvalue weighted by molar-refractivity contribution is 5.04. The minimum absolute atomic E-state index is 0.844. The molecule has 0 aromatic carbocycles. The number of aromatic nitrogens is 4. The number of imidazole rings is 1. The normalized spacial score (nSPS) is 10.9. The first-order valence-electron chi connectivity index (χ1n) is 5.97. The molecule has 0 bridgehead atoms. The summed E-state index contributed by atoms with van der Waals surface area (Å²) in [5.41, 5.74) is 2.35. The maximum Gasteiger partial charge on any atom is 0.0950 e. The van der Waals surface area contributed by atoms with Gasteiger partial charge in [0.1, 0.15) is 0 Å². The van der Waals surface area contributed by atoms with Crippen LogP contribution in [-0.4, -0.2) is 25.9 Å². The van der Waals surface area contributed by atoms with Crippen LogP contribution in [0.5, 0.6) is 0 Å². The third-order valence-corrected chi connectivity index (χ3v) is 2.66. The summed E-state index contributed by atoms with van der Waals surface area (Å²) in [7, 11) is 1.94. The lowest BCUT2D eigenvalue weighted by Crippen LogP contribution is -2.11. The first kappa shape index (κ1) is 11.9. The molecular weight excluding hydrogens is 214 g/mol. The SMILES string of the molecule is CCNCc1cn(CCc2cnn(C)c2)cn1. The maximum absolute atomic E-state index is 4.35. The molecule has 0 spiro atoms. The molecule has 0 aliphatic rings. The molecule has 0 fully saturated rings. The molecule has 0 saturated carbocycles. The van der Waals surface area contributed by atoms with Gasteiger partial charge in [0.25, 0.3) is 0 Å². The zero-order valence-electron chi connectivity index (χ0n) is 10.4. The van der Waals surface area contributed by atoms with E-state index in [0.29, 0.717) is 0 Å². The number of hydrogen-bond donors (Lipinski definition) is 1. The first-order valence-corrected chi connectivity index (χ1v) is 5.97. The summed E-state index contributed by atoms with van der Waals surface area (Å²) in [6.45, 7) is 4.86. The number of aryl methyl sites for hydroxylation is 3. The van der Waals surface area contributed by atoms with Gasteiger partial charge >= 0.3 is 0 Å². The Hall–Kier alpha value is -1.62. The van der Waals surface area contributed by atoms with Gasteiger partial charge in [0.05, 0.1) is 18.2 Å². The summed E-state index contributed by atoms with van der Waals surface area (Å²) in [6, 6.07) is 0. The Balaban J connectivity index is 1.84. The average Bonchev–Trinajstić information content (AvgIpc) is 2.93. The van der Waals surface area contributed by atoms with Crippen LogP contribution in [0.3, 0.4) is 0 Å². The van der Waals surface area contributed by atoms with Crippen LogP contribution < -0.4 is 5.32 Å². The number of nitrogens with zero attached hydrogens (tertiary/aromatic N) is 4. The van der Waals surface area contributed by atoms with Crippen LogP contribution in [0.1, 0.15) is 18.2 Å². The van der Waals surface area contributed by atoms with Gasteiger partial charge < -0.3 is 9.88 Å². The van der Waals surface area contributed by atoms with Crippen molar-refractivity contribution in [3.63, 3.8) is 0 Å². The Morgan fingerprint density at radius 2 is 2.24 bits per heavy atom. The molecule has 2 aromatic rings. The highest BCUT2D eigenvalue weighted by Gasteiger charge is 2.00. The van der Waals surface area contributed by atoms with Gasteiger partial charge in [0.15, 0.2) is 0 Å². The molecule has 0 aliphatic carbocycles. The summed E-state index contributed by atoms with van der Waals surface area (Å²) in [4.78, 5) is 4.35. The lowest BCUT2D eigenvalue weighted by Gasteiger charge is -1.99. The van der Waals surface area contributed by atoms with Gasteiger partial charge in [-0.05, 0) is 18.5 Å². The van der Waals surface area contributed by atoms with Gasteiger partial charge in [0.2, 0.25) is 0 Å². The summed E-state index contributed by atoms with van der Waals surface area (Å²) in [6.07, 6.45) is 8.94. The summed E-state index contributed by atoms with van der Waals surface area (Å²) < 4.78 is 3.96. The van der Waals surface area contributed by atoms with Gasteiger partial charge in [0, 0.05) is 32.5 Å². The zero-order valence-corrected chi connectivity index (χ0v) is 10.4. The van der Waals surface area contributed by atoms with Crippen LogP contribution in [0.25, 0.3) is 0 Å². The van der Waals surface area contributed by atoms with E-state index >= 15 is 0 Å². The topological polar surface area (TPSA) is 47.7 Å². The molecule has 5 nitrogen and oxygen atoms in total. The Bertz CT molecular complexity index is 457. The Morgan fingerprint density at radius 3 is 2.94 bits per heavy atom. The van der Waals surface area contributed by atoms with Gasteiger partial charge in [-0.25, -0.2) is 4.98 Å². The second kappa shape index (κ2) is 5.63. The van der Waals surface area contributed by atoms with E-state index < -0.39 is 0 Å². The van der Waals surface area contributed by atoms with E-state index in [2.05, 4.69) is 39.3 Å². The second-order valence-corrected chi connectivity index (χ2v) is 4.16. The van der Waals surface area contributed by atoms with E-state index in [1.165, 1.54) is 5.56 Å². The van der Waals surface area contributed by atoms with Crippen molar-refractivity contribution in [1.29, 1.82) is 0 Å². The molecular formula is C12H19N5. The number of nitrogens with one attached hydrogen (secondary N) is 1. The molecule has 0 aliphatic heterocycles. The minimum Gasteiger partial charge on any atom is -0.337 e. The zero-order chi connectivity index (χ0) is 12.1. The molecule has 1 N–H and O–H groups in total. The van der Waals surface area contributed by atoms with Crippen LogP contribution >= 0.6 is 0 Å². The Labute approximate surface area is 101 Å². The molecule has 0 unspecified atom stereocenters. The second-order valence-electron chi connectivity index (χ2n) is 4.16. The highest BCUT2D eigenvalue weighted by Crippen LogP contribution is 2.02. The van der Waals surface area contributed by atoms with E-state index in [9.17, 15) is 0 Å². The van der Waals surface area contributed by atoms with Gasteiger partial charge in [-0.2, -0.15) is 5.10 Å². The molecule has 0 atom stereocenters. The van der Waals surface area contributed by atoms with Gasteiger partial charge in [-0.15, -0.1) is 0 Å². The first-order chi connectivity index (χ1) is 8.28. The Morgan fingerprint density at radius 1 is 1.35 bits per heavy atom. The van der Waals surface area contributed by atoms with E-state index in [-0.39, 0.29) is 0 Å². The maximum atomic E-state index is 4.35. The predicted molar refractivity (Wildman–Crippen MR) is 66.5 cm³/mol. The molecule has 0 radical (unpaired) electrons. The third-order valence-electron chi connectivity index (χ3n) is 2.66. The average molecular weight is 233 g/mol. The van der Waals surface area contributed by atoms with Crippen LogP contribution in [0, 0.1) is 0 Å². The van der Waals surface area contributed by atoms with Crippen molar-refractivity contribution in [2.45, 2.75) is 26.4 Å². The van der Waals surface area contributed by atoms with Crippen molar-refractivity contribution in [3.8, 4) is 0 Å². The van der Waals surface area contributed by atoms with Crippen LogP contribution in [0.15, 0.2) is 24.9 Å². The predicted octanol–water partition coefficient (Wildman–Crippen LogP) is 0.969. The van der Waals surface area contributed by atoms with Gasteiger partial charge in [-0.3, -0.25) is 4.68 Å². The quantitative estimate of drug-likeness (QED) is 0.808. The fourth-order valence-electron chi connectivity index (χ4n) is 1.73. The smallest absolute Gasteiger partial charge is 0.0950 e. The van der Waals surface area contributed by atoms with Crippen molar-refractivity contribution in [2.24, 2.45) is 7.05 Å². The molecule has 2 rings (SSSR count). The van der Waals surface area contributed by atoms with Crippen molar-refractivity contribution in [2.75, 3.05) is 6.54 Å². The molecule has 2 heterocycles. The van der Waals surface area contributed by atoms with E-state index in [4.69, 9.17) is 0 Å². The van der Waals surface area contributed by atoms with Crippen molar-refractivity contribution in [3.05, 3.63) is 36.2 Å². The standard InChI is InChI=1S/C12H19N5/c1-3-13-7-12-9-17(10-14-12)5-4-11-6-15-16(2)8-11/h6,8-10,13H,3-5,7H2,1-2H3. The van der Waals surface area contributed by atoms with Crippen molar-refractivity contribution < 1.29 is 0 Å². The highest BCUT2D eigenvalue weighted by atomic mass is 15.2. The molecule has 0 amide bonds. The van der Waals surface area contributed by atoms with Crippen LogP contribution in [0.2, 0.25) is 0 Å². The van der Waals surface area contributed by atoms with Gasteiger partial charge in [-0.1, -0.05) is 6.92 Å². The van der Waals surface area contributed by atoms with Crippen LogP contribution in [-0.2, 0) is 26.6 Å². The molecule has 0 saturated heterocycles. The monoisotopic (exact) mass is 233 g/mol. The van der Waals surface area contributed by atoms with E-state index in [0.717, 1.165) is 31.7 Å². The Kier molecular flexibility index (Phi) is 3.93. The summed E-state index contributed by atoms with van der Waals surface area (Å²) >= 11 is 0. The number of rotatable bonds is 6. The van der Waals surface area contributed by atoms with E-state index in [1.54, 1.807) is 0 Å². The van der Waals surface area contributed by atoms with Crippen molar-refractivity contribution in [1.82, 2.24) is 24.6 Å². The number of hydrogen-bond acceptors (Lipinski definition) is 3. The fraction of sp³-hybridized carbons (Fsp3) is 0.500. The van der Waals surface area contributed by atoms with Crippen LogP contribution in [0.4, 0.5) is 0 Å². The molecule has 92 valence electrons. The third kappa shape index (κ3) is 3.42. The summed E-state index contributed by atoms with van der Waals surface area (Å²) in [5, 5.41) is 7.42. The molecule has 5 heteroatoms. The minimum atomic E-state index is 0.844. The van der Waals surface area contributed by atoms with E-state index in [1.807, 2.05) is 24.3 Å². The van der Waals surface area contributed by atoms with Crippen molar-refractivity contribution >= 4 is 0 Å². The molecule has 2 aromatic heterocycles. The lowest BCUT2D eigenvalue weighted by molar-refractivity contribution is 0.688. The fourth-order valence-corrected chi connectivity index (χ4v) is 1.73.